The summed E-state index contributed by atoms with van der Waals surface area (Å²) in [5.74, 6) is -0.677. The maximum atomic E-state index is 14.9. The van der Waals surface area contributed by atoms with Gasteiger partial charge in [-0.15, -0.1) is 0 Å². The maximum absolute atomic E-state index is 14.9. The number of benzene rings is 2. The van der Waals surface area contributed by atoms with Gasteiger partial charge in [0, 0.05) is 36.4 Å². The second-order valence-corrected chi connectivity index (χ2v) is 8.15. The molecule has 34 heavy (non-hydrogen) atoms. The first-order chi connectivity index (χ1) is 16.4. The molecule has 2 heterocycles. The minimum atomic E-state index is -0.585. The molecule has 4 rings (SSSR count). The summed E-state index contributed by atoms with van der Waals surface area (Å²) in [6, 6.07) is 11.4. The zero-order valence-electron chi connectivity index (χ0n) is 18.7. The molecule has 2 aromatic carbocycles. The molecule has 2 amide bonds. The standard InChI is InChI=1S/C25H25FN4O4/c1-16(31)28-13-21-14-30(25(33)34-21)20-9-10-22(23(26)11-20)17-5-7-18(8-6-17)24(32)4-2-3-19-12-27-15-29-19/h5-12,15,21H,2-4,13-14H2,1H3,(H,27,29)(H,28,31)/t21-/m0/s1. The molecule has 1 atom stereocenters. The van der Waals surface area contributed by atoms with E-state index < -0.39 is 18.0 Å². The van der Waals surface area contributed by atoms with Gasteiger partial charge in [-0.25, -0.2) is 14.2 Å². The number of nitrogens with zero attached hydrogens (tertiary/aromatic N) is 2. The number of aromatic amines is 1. The van der Waals surface area contributed by atoms with Gasteiger partial charge < -0.3 is 15.0 Å². The highest BCUT2D eigenvalue weighted by Gasteiger charge is 2.32. The van der Waals surface area contributed by atoms with Crippen molar-refractivity contribution in [3.63, 3.8) is 0 Å². The van der Waals surface area contributed by atoms with E-state index in [-0.39, 0.29) is 24.8 Å². The molecule has 0 unspecified atom stereocenters. The van der Waals surface area contributed by atoms with Crippen molar-refractivity contribution in [3.05, 3.63) is 72.1 Å². The quantitative estimate of drug-likeness (QED) is 0.468. The largest absolute Gasteiger partial charge is 0.442 e. The van der Waals surface area contributed by atoms with Gasteiger partial charge in [-0.2, -0.15) is 0 Å². The minimum absolute atomic E-state index is 0.0308. The Bertz CT molecular complexity index is 1180. The monoisotopic (exact) mass is 464 g/mol. The second-order valence-electron chi connectivity index (χ2n) is 8.15. The fourth-order valence-electron chi connectivity index (χ4n) is 3.84. The number of ketones is 1. The van der Waals surface area contributed by atoms with E-state index in [1.807, 2.05) is 0 Å². The molecule has 0 bridgehead atoms. The summed E-state index contributed by atoms with van der Waals surface area (Å²) >= 11 is 0. The first-order valence-electron chi connectivity index (χ1n) is 11.0. The highest BCUT2D eigenvalue weighted by Crippen LogP contribution is 2.29. The van der Waals surface area contributed by atoms with E-state index in [0.29, 0.717) is 35.2 Å². The van der Waals surface area contributed by atoms with Crippen LogP contribution in [-0.2, 0) is 16.0 Å². The van der Waals surface area contributed by atoms with Crippen LogP contribution in [0, 0.1) is 5.82 Å². The van der Waals surface area contributed by atoms with Gasteiger partial charge in [0.25, 0.3) is 0 Å². The Morgan fingerprint density at radius 1 is 1.24 bits per heavy atom. The lowest BCUT2D eigenvalue weighted by Crippen LogP contribution is -2.33. The Hall–Kier alpha value is -4.01. The molecule has 1 aromatic heterocycles. The number of aromatic nitrogens is 2. The van der Waals surface area contributed by atoms with Crippen LogP contribution in [0.15, 0.2) is 55.0 Å². The first-order valence-corrected chi connectivity index (χ1v) is 11.0. The molecule has 1 fully saturated rings. The first kappa shape index (κ1) is 23.2. The minimum Gasteiger partial charge on any atom is -0.442 e. The van der Waals surface area contributed by atoms with Crippen molar-refractivity contribution in [3.8, 4) is 11.1 Å². The second kappa shape index (κ2) is 10.3. The van der Waals surface area contributed by atoms with E-state index >= 15 is 0 Å². The van der Waals surface area contributed by atoms with Crippen LogP contribution in [0.4, 0.5) is 14.9 Å². The SMILES string of the molecule is CC(=O)NC[C@H]1CN(c2ccc(-c3ccc(C(=O)CCCc4cnc[nH]4)cc3)c(F)c2)C(=O)O1. The molecule has 1 aliphatic rings. The molecule has 0 saturated carbocycles. The lowest BCUT2D eigenvalue weighted by atomic mass is 9.99. The molecule has 8 nitrogen and oxygen atoms in total. The number of carbonyl (C=O) groups excluding carboxylic acids is 3. The van der Waals surface area contributed by atoms with Crippen molar-refractivity contribution in [2.75, 3.05) is 18.0 Å². The fourth-order valence-corrected chi connectivity index (χ4v) is 3.84. The van der Waals surface area contributed by atoms with Crippen molar-refractivity contribution in [1.82, 2.24) is 15.3 Å². The molecule has 1 aliphatic heterocycles. The highest BCUT2D eigenvalue weighted by molar-refractivity contribution is 5.96. The Kier molecular flexibility index (Phi) is 7.01. The van der Waals surface area contributed by atoms with E-state index in [4.69, 9.17) is 4.74 Å². The smallest absolute Gasteiger partial charge is 0.414 e. The molecular formula is C25H25FN4O4. The topological polar surface area (TPSA) is 104 Å². The fraction of sp³-hybridized carbons (Fsp3) is 0.280. The van der Waals surface area contributed by atoms with Crippen LogP contribution >= 0.6 is 0 Å². The molecule has 9 heteroatoms. The molecular weight excluding hydrogens is 439 g/mol. The van der Waals surface area contributed by atoms with Crippen LogP contribution in [0.25, 0.3) is 11.1 Å². The number of anilines is 1. The lowest BCUT2D eigenvalue weighted by Gasteiger charge is -2.14. The van der Waals surface area contributed by atoms with E-state index in [1.165, 1.54) is 17.9 Å². The third-order valence-electron chi connectivity index (χ3n) is 5.64. The molecule has 2 N–H and O–H groups in total. The number of H-pyrrole nitrogens is 1. The number of Topliss-reactive ketones (excluding diaryl/α,β-unsaturated/α-hetero) is 1. The summed E-state index contributed by atoms with van der Waals surface area (Å²) < 4.78 is 20.1. The third kappa shape index (κ3) is 5.48. The summed E-state index contributed by atoms with van der Waals surface area (Å²) in [4.78, 5) is 44.0. The number of hydrogen-bond acceptors (Lipinski definition) is 5. The molecule has 0 spiro atoms. The van der Waals surface area contributed by atoms with Gasteiger partial charge in [0.15, 0.2) is 5.78 Å². The summed E-state index contributed by atoms with van der Waals surface area (Å²) in [5, 5.41) is 2.61. The zero-order valence-corrected chi connectivity index (χ0v) is 18.7. The van der Waals surface area contributed by atoms with Crippen molar-refractivity contribution >= 4 is 23.5 Å². The van der Waals surface area contributed by atoms with Gasteiger partial charge in [-0.3, -0.25) is 14.5 Å². The third-order valence-corrected chi connectivity index (χ3v) is 5.64. The van der Waals surface area contributed by atoms with Crippen LogP contribution in [0.1, 0.15) is 35.8 Å². The van der Waals surface area contributed by atoms with Gasteiger partial charge >= 0.3 is 6.09 Å². The number of imidazole rings is 1. The number of ether oxygens (including phenoxy) is 1. The molecule has 1 saturated heterocycles. The summed E-state index contributed by atoms with van der Waals surface area (Å²) in [5.41, 5.74) is 2.94. The normalized spacial score (nSPS) is 15.3. The van der Waals surface area contributed by atoms with Gasteiger partial charge in [0.05, 0.1) is 25.1 Å². The van der Waals surface area contributed by atoms with E-state index in [0.717, 1.165) is 12.1 Å². The predicted molar refractivity (Wildman–Crippen MR) is 124 cm³/mol. The van der Waals surface area contributed by atoms with Crippen LogP contribution in [0.3, 0.4) is 0 Å². The number of cyclic esters (lactones) is 1. The van der Waals surface area contributed by atoms with Gasteiger partial charge in [-0.1, -0.05) is 24.3 Å². The van der Waals surface area contributed by atoms with Crippen LogP contribution < -0.4 is 10.2 Å². The van der Waals surface area contributed by atoms with E-state index in [9.17, 15) is 18.8 Å². The van der Waals surface area contributed by atoms with Gasteiger partial charge in [0.2, 0.25) is 5.91 Å². The Labute approximate surface area is 196 Å². The zero-order chi connectivity index (χ0) is 24.1. The Morgan fingerprint density at radius 2 is 2.03 bits per heavy atom. The van der Waals surface area contributed by atoms with Crippen molar-refractivity contribution < 1.29 is 23.5 Å². The maximum Gasteiger partial charge on any atom is 0.414 e. The lowest BCUT2D eigenvalue weighted by molar-refractivity contribution is -0.119. The van der Waals surface area contributed by atoms with Gasteiger partial charge in [0.1, 0.15) is 11.9 Å². The number of nitrogens with one attached hydrogen (secondary N) is 2. The number of amides is 2. The summed E-state index contributed by atoms with van der Waals surface area (Å²) in [7, 11) is 0. The molecule has 0 aliphatic carbocycles. The predicted octanol–water partition coefficient (Wildman–Crippen LogP) is 3.88. The van der Waals surface area contributed by atoms with Crippen molar-refractivity contribution in [2.45, 2.75) is 32.3 Å². The summed E-state index contributed by atoms with van der Waals surface area (Å²) in [6.07, 6.45) is 4.15. The van der Waals surface area contributed by atoms with Crippen molar-refractivity contribution in [2.24, 2.45) is 0 Å². The van der Waals surface area contributed by atoms with E-state index in [1.54, 1.807) is 48.9 Å². The van der Waals surface area contributed by atoms with Gasteiger partial charge in [-0.05, 0) is 36.6 Å². The molecule has 176 valence electrons. The average molecular weight is 464 g/mol. The van der Waals surface area contributed by atoms with Crippen LogP contribution in [0.2, 0.25) is 0 Å². The number of aryl methyl sites for hydroxylation is 1. The van der Waals surface area contributed by atoms with Crippen LogP contribution in [0.5, 0.6) is 0 Å². The van der Waals surface area contributed by atoms with E-state index in [2.05, 4.69) is 15.3 Å². The number of rotatable bonds is 9. The highest BCUT2D eigenvalue weighted by atomic mass is 19.1. The number of carbonyl (C=O) groups is 3. The average Bonchev–Trinajstić information content (AvgIpc) is 3.47. The number of halogens is 1. The Balaban J connectivity index is 1.38. The summed E-state index contributed by atoms with van der Waals surface area (Å²) in [6.45, 7) is 1.80. The van der Waals surface area contributed by atoms with Crippen molar-refractivity contribution in [1.29, 1.82) is 0 Å². The van der Waals surface area contributed by atoms with Crippen LogP contribution in [-0.4, -0.2) is 46.9 Å². The molecule has 3 aromatic rings. The number of hydrogen-bond donors (Lipinski definition) is 2. The Morgan fingerprint density at radius 3 is 2.71 bits per heavy atom. The molecule has 0 radical (unpaired) electrons.